The third kappa shape index (κ3) is 5.48. The van der Waals surface area contributed by atoms with Gasteiger partial charge in [-0.2, -0.15) is 0 Å². The molecule has 9 heteroatoms. The van der Waals surface area contributed by atoms with Crippen molar-refractivity contribution < 1.29 is 23.5 Å². The first-order valence-corrected chi connectivity index (χ1v) is 11.1. The van der Waals surface area contributed by atoms with Gasteiger partial charge in [-0.15, -0.1) is 11.8 Å². The number of ether oxygens (including phenoxy) is 2. The maximum Gasteiger partial charge on any atom is 0.414 e. The number of anilines is 2. The number of nitrogens with zero attached hydrogens (tertiary/aromatic N) is 2. The van der Waals surface area contributed by atoms with E-state index in [-0.39, 0.29) is 30.6 Å². The molecule has 2 saturated heterocycles. The lowest BCUT2D eigenvalue weighted by Gasteiger charge is -2.29. The minimum Gasteiger partial charge on any atom is -0.442 e. The summed E-state index contributed by atoms with van der Waals surface area (Å²) in [4.78, 5) is 28.7. The molecule has 0 bridgehead atoms. The van der Waals surface area contributed by atoms with Crippen molar-refractivity contribution in [2.24, 2.45) is 0 Å². The summed E-state index contributed by atoms with van der Waals surface area (Å²) in [6.07, 6.45) is -1.03. The van der Waals surface area contributed by atoms with Crippen LogP contribution in [0.1, 0.15) is 0 Å². The van der Waals surface area contributed by atoms with Crippen LogP contribution >= 0.6 is 11.8 Å². The Bertz CT molecular complexity index is 924. The van der Waals surface area contributed by atoms with Gasteiger partial charge in [-0.1, -0.05) is 18.2 Å². The van der Waals surface area contributed by atoms with Gasteiger partial charge in [0.25, 0.3) is 0 Å². The quantitative estimate of drug-likeness (QED) is 0.661. The fraction of sp³-hybridized carbons (Fsp3) is 0.364. The molecule has 4 rings (SSSR count). The van der Waals surface area contributed by atoms with Gasteiger partial charge >= 0.3 is 6.09 Å². The van der Waals surface area contributed by atoms with Gasteiger partial charge in [0.2, 0.25) is 5.91 Å². The third-order valence-electron chi connectivity index (χ3n) is 5.11. The predicted octanol–water partition coefficient (Wildman–Crippen LogP) is 2.90. The summed E-state index contributed by atoms with van der Waals surface area (Å²) in [5, 5.41) is 2.79. The summed E-state index contributed by atoms with van der Waals surface area (Å²) in [6.45, 7) is 2.86. The van der Waals surface area contributed by atoms with Gasteiger partial charge in [0.15, 0.2) is 0 Å². The number of carbonyl (C=O) groups is 2. The summed E-state index contributed by atoms with van der Waals surface area (Å²) in [5.74, 6) is -0.242. The molecular weight excluding hydrogens is 421 g/mol. The first kappa shape index (κ1) is 21.5. The van der Waals surface area contributed by atoms with Crippen molar-refractivity contribution >= 4 is 35.1 Å². The highest BCUT2D eigenvalue weighted by atomic mass is 32.2. The fourth-order valence-electron chi connectivity index (χ4n) is 3.51. The average molecular weight is 446 g/mol. The van der Waals surface area contributed by atoms with E-state index in [0.29, 0.717) is 37.7 Å². The molecule has 2 amide bonds. The second kappa shape index (κ2) is 10.0. The van der Waals surface area contributed by atoms with Gasteiger partial charge in [0, 0.05) is 18.0 Å². The molecule has 164 valence electrons. The molecule has 2 aliphatic heterocycles. The Hall–Kier alpha value is -2.78. The van der Waals surface area contributed by atoms with Crippen LogP contribution in [0.25, 0.3) is 0 Å². The molecule has 0 unspecified atom stereocenters. The predicted molar refractivity (Wildman–Crippen MR) is 117 cm³/mol. The van der Waals surface area contributed by atoms with E-state index < -0.39 is 12.2 Å². The Kier molecular flexibility index (Phi) is 6.93. The smallest absolute Gasteiger partial charge is 0.414 e. The number of benzene rings is 2. The summed E-state index contributed by atoms with van der Waals surface area (Å²) in [6, 6.07) is 14.4. The molecule has 1 atom stereocenters. The normalized spacial score (nSPS) is 18.7. The van der Waals surface area contributed by atoms with Crippen molar-refractivity contribution in [2.45, 2.75) is 11.0 Å². The number of cyclic esters (lactones) is 1. The number of hydrogen-bond acceptors (Lipinski definition) is 6. The molecular formula is C22H24FN3O4S. The van der Waals surface area contributed by atoms with E-state index in [0.717, 1.165) is 4.90 Å². The standard InChI is InChI=1S/C22H24FN3O4S/c23-19-12-16(6-7-20(19)25-8-10-29-11-9-25)26-14-17(30-22(26)28)13-24-21(27)15-31-18-4-2-1-3-5-18/h1-7,12,17H,8-11,13-15H2,(H,24,27)/t17-/m0/s1. The van der Waals surface area contributed by atoms with Crippen LogP contribution in [0.5, 0.6) is 0 Å². The topological polar surface area (TPSA) is 71.1 Å². The molecule has 0 spiro atoms. The Morgan fingerprint density at radius 1 is 1.16 bits per heavy atom. The molecule has 0 saturated carbocycles. The number of amides is 2. The first-order chi connectivity index (χ1) is 15.1. The maximum absolute atomic E-state index is 14.7. The van der Waals surface area contributed by atoms with E-state index in [1.807, 2.05) is 35.2 Å². The summed E-state index contributed by atoms with van der Waals surface area (Å²) < 4.78 is 25.3. The Balaban J connectivity index is 1.28. The molecule has 31 heavy (non-hydrogen) atoms. The maximum atomic E-state index is 14.7. The van der Waals surface area contributed by atoms with Crippen LogP contribution in [0.15, 0.2) is 53.4 Å². The van der Waals surface area contributed by atoms with Gasteiger partial charge in [-0.05, 0) is 30.3 Å². The minimum absolute atomic E-state index is 0.135. The van der Waals surface area contributed by atoms with Crippen LogP contribution in [-0.2, 0) is 14.3 Å². The van der Waals surface area contributed by atoms with Gasteiger partial charge in [0.1, 0.15) is 11.9 Å². The molecule has 2 fully saturated rings. The first-order valence-electron chi connectivity index (χ1n) is 10.1. The molecule has 0 aromatic heterocycles. The zero-order valence-corrected chi connectivity index (χ0v) is 17.8. The highest BCUT2D eigenvalue weighted by Gasteiger charge is 2.33. The van der Waals surface area contributed by atoms with Crippen molar-refractivity contribution in [3.63, 3.8) is 0 Å². The van der Waals surface area contributed by atoms with Gasteiger partial charge < -0.3 is 19.7 Å². The monoisotopic (exact) mass is 445 g/mol. The van der Waals surface area contributed by atoms with E-state index in [1.165, 1.54) is 22.7 Å². The number of thioether (sulfide) groups is 1. The lowest BCUT2D eigenvalue weighted by molar-refractivity contribution is -0.118. The van der Waals surface area contributed by atoms with E-state index in [9.17, 15) is 14.0 Å². The molecule has 2 aromatic rings. The van der Waals surface area contributed by atoms with E-state index in [1.54, 1.807) is 12.1 Å². The highest BCUT2D eigenvalue weighted by molar-refractivity contribution is 8.00. The van der Waals surface area contributed by atoms with Crippen molar-refractivity contribution in [3.05, 3.63) is 54.3 Å². The molecule has 0 radical (unpaired) electrons. The van der Waals surface area contributed by atoms with Crippen LogP contribution in [0, 0.1) is 5.82 Å². The summed E-state index contributed by atoms with van der Waals surface area (Å²) >= 11 is 1.44. The van der Waals surface area contributed by atoms with Crippen LogP contribution in [0.4, 0.5) is 20.6 Å². The van der Waals surface area contributed by atoms with Crippen molar-refractivity contribution in [1.29, 1.82) is 0 Å². The van der Waals surface area contributed by atoms with Gasteiger partial charge in [-0.25, -0.2) is 9.18 Å². The number of morpholine rings is 1. The zero-order valence-electron chi connectivity index (χ0n) is 17.0. The number of rotatable bonds is 7. The fourth-order valence-corrected chi connectivity index (χ4v) is 4.26. The largest absolute Gasteiger partial charge is 0.442 e. The zero-order chi connectivity index (χ0) is 21.6. The second-order valence-electron chi connectivity index (χ2n) is 7.26. The molecule has 2 heterocycles. The van der Waals surface area contributed by atoms with Crippen molar-refractivity contribution in [2.75, 3.05) is 54.9 Å². The molecule has 2 aromatic carbocycles. The second-order valence-corrected chi connectivity index (χ2v) is 8.31. The van der Waals surface area contributed by atoms with Crippen molar-refractivity contribution in [3.8, 4) is 0 Å². The Morgan fingerprint density at radius 2 is 1.94 bits per heavy atom. The van der Waals surface area contributed by atoms with E-state index in [4.69, 9.17) is 9.47 Å². The Labute approximate surface area is 184 Å². The minimum atomic E-state index is -0.545. The molecule has 7 nitrogen and oxygen atoms in total. The Morgan fingerprint density at radius 3 is 2.68 bits per heavy atom. The molecule has 2 aliphatic rings. The summed E-state index contributed by atoms with van der Waals surface area (Å²) in [7, 11) is 0. The van der Waals surface area contributed by atoms with Crippen LogP contribution in [0.2, 0.25) is 0 Å². The van der Waals surface area contributed by atoms with Gasteiger partial charge in [-0.3, -0.25) is 9.69 Å². The number of hydrogen-bond donors (Lipinski definition) is 1. The highest BCUT2D eigenvalue weighted by Crippen LogP contribution is 2.28. The molecule has 0 aliphatic carbocycles. The lowest BCUT2D eigenvalue weighted by Crippen LogP contribution is -2.37. The van der Waals surface area contributed by atoms with Crippen LogP contribution in [0.3, 0.4) is 0 Å². The average Bonchev–Trinajstić information content (AvgIpc) is 3.18. The van der Waals surface area contributed by atoms with Crippen molar-refractivity contribution in [1.82, 2.24) is 5.32 Å². The van der Waals surface area contributed by atoms with E-state index in [2.05, 4.69) is 5.32 Å². The van der Waals surface area contributed by atoms with Crippen LogP contribution in [-0.4, -0.2) is 63.3 Å². The van der Waals surface area contributed by atoms with Gasteiger partial charge in [0.05, 0.1) is 43.4 Å². The van der Waals surface area contributed by atoms with Crippen LogP contribution < -0.4 is 15.1 Å². The number of halogens is 1. The number of nitrogens with one attached hydrogen (secondary N) is 1. The summed E-state index contributed by atoms with van der Waals surface area (Å²) in [5.41, 5.74) is 0.937. The SMILES string of the molecule is O=C(CSc1ccccc1)NC[C@H]1CN(c2ccc(N3CCOCC3)c(F)c2)C(=O)O1. The van der Waals surface area contributed by atoms with E-state index >= 15 is 0 Å². The third-order valence-corrected chi connectivity index (χ3v) is 6.12. The lowest BCUT2D eigenvalue weighted by atomic mass is 10.2. The molecule has 1 N–H and O–H groups in total. The number of carbonyl (C=O) groups excluding carboxylic acids is 2.